The standard InChI is InChI=1S/C37H72N4O5S.ClH/c1-26(2)34(46-47(43,44)45)13-10-27(3)30-11-12-31-35-32(15-17-37(30,31)5)36(4)16-14-29(24-28(36)25-33(35)42)41-23-9-22-40-20-7-6-19-39-21-8-18-38;/h26-35,39-42H,6-25,38H2,1-5H3,(H,43,44,45);1H/t27-,28-,29+,30-,31+,32+,33-,34-,35+,36+,37-;/m1./s1. The Morgan fingerprint density at radius 2 is 1.46 bits per heavy atom. The van der Waals surface area contributed by atoms with Crippen LogP contribution in [0.4, 0.5) is 0 Å². The molecule has 4 fully saturated rings. The topological polar surface area (TPSA) is 146 Å². The smallest absolute Gasteiger partial charge is 0.393 e. The Hall–Kier alpha value is -0.0400. The maximum absolute atomic E-state index is 11.8. The molecule has 284 valence electrons. The van der Waals surface area contributed by atoms with Crippen LogP contribution >= 0.6 is 12.4 Å². The minimum absolute atomic E-state index is 0. The molecule has 0 aromatic heterocycles. The molecule has 4 aliphatic carbocycles. The molecule has 0 amide bonds. The van der Waals surface area contributed by atoms with E-state index in [1.807, 2.05) is 13.8 Å². The van der Waals surface area contributed by atoms with E-state index in [2.05, 4.69) is 36.7 Å². The van der Waals surface area contributed by atoms with Crippen molar-refractivity contribution in [1.82, 2.24) is 16.0 Å². The molecule has 11 atom stereocenters. The first-order valence-electron chi connectivity index (χ1n) is 19.5. The summed E-state index contributed by atoms with van der Waals surface area (Å²) < 4.78 is 37.2. The molecule has 48 heavy (non-hydrogen) atoms. The Morgan fingerprint density at radius 3 is 2.10 bits per heavy atom. The number of rotatable bonds is 20. The highest BCUT2D eigenvalue weighted by atomic mass is 35.5. The lowest BCUT2D eigenvalue weighted by molar-refractivity contribution is -0.167. The van der Waals surface area contributed by atoms with E-state index in [0.717, 1.165) is 65.0 Å². The number of hydrogen-bond donors (Lipinski definition) is 6. The summed E-state index contributed by atoms with van der Waals surface area (Å²) in [5.74, 6) is 3.20. The summed E-state index contributed by atoms with van der Waals surface area (Å²) in [5.41, 5.74) is 6.08. The lowest BCUT2D eigenvalue weighted by Crippen LogP contribution is -2.59. The first-order chi connectivity index (χ1) is 22.3. The fourth-order valence-electron chi connectivity index (χ4n) is 11.2. The quantitative estimate of drug-likeness (QED) is 0.0663. The third-order valence-corrected chi connectivity index (χ3v) is 14.3. The van der Waals surface area contributed by atoms with Crippen LogP contribution in [0.15, 0.2) is 0 Å². The summed E-state index contributed by atoms with van der Waals surface area (Å²) in [5, 5.41) is 22.8. The zero-order valence-electron chi connectivity index (χ0n) is 30.9. The second-order valence-electron chi connectivity index (χ2n) is 17.0. The molecule has 4 saturated carbocycles. The Balaban J connectivity index is 0.00000625. The summed E-state index contributed by atoms with van der Waals surface area (Å²) in [6.45, 7) is 17.4. The zero-order chi connectivity index (χ0) is 34.2. The molecule has 0 aromatic carbocycles. The number of aliphatic hydroxyl groups excluding tert-OH is 1. The number of nitrogens with two attached hydrogens (primary N) is 1. The van der Waals surface area contributed by atoms with Gasteiger partial charge in [0.15, 0.2) is 0 Å². The average Bonchev–Trinajstić information content (AvgIpc) is 3.36. The van der Waals surface area contributed by atoms with E-state index >= 15 is 0 Å². The predicted octanol–water partition coefficient (Wildman–Crippen LogP) is 5.95. The van der Waals surface area contributed by atoms with Crippen LogP contribution < -0.4 is 21.7 Å². The van der Waals surface area contributed by atoms with E-state index in [0.29, 0.717) is 53.4 Å². The van der Waals surface area contributed by atoms with Crippen molar-refractivity contribution in [1.29, 1.82) is 0 Å². The fraction of sp³-hybridized carbons (Fsp3) is 1.00. The SMILES string of the molecule is CC(C)[C@@H](CC[C@@H](C)[C@H]1CC[C@H]2[C@@H]3[C@H](O)C[C@H]4C[C@@H](NCCCNCCCCNCCCN)CC[C@]4(C)[C@H]3CC[C@]12C)OS(=O)(=O)O.Cl. The highest BCUT2D eigenvalue weighted by Crippen LogP contribution is 2.68. The molecule has 0 spiro atoms. The second kappa shape index (κ2) is 19.2. The lowest BCUT2D eigenvalue weighted by atomic mass is 9.43. The highest BCUT2D eigenvalue weighted by Gasteiger charge is 2.62. The first kappa shape index (κ1) is 42.4. The van der Waals surface area contributed by atoms with Crippen molar-refractivity contribution in [3.63, 3.8) is 0 Å². The molecule has 4 rings (SSSR count). The lowest BCUT2D eigenvalue weighted by Gasteiger charge is -2.62. The summed E-state index contributed by atoms with van der Waals surface area (Å²) in [6.07, 6.45) is 15.0. The Bertz CT molecular complexity index is 1050. The monoisotopic (exact) mass is 720 g/mol. The molecule has 4 aliphatic rings. The molecule has 11 heteroatoms. The fourth-order valence-corrected chi connectivity index (χ4v) is 11.8. The van der Waals surface area contributed by atoms with Crippen LogP contribution in [-0.2, 0) is 14.6 Å². The summed E-state index contributed by atoms with van der Waals surface area (Å²) in [4.78, 5) is 0. The van der Waals surface area contributed by atoms with E-state index in [9.17, 15) is 18.1 Å². The van der Waals surface area contributed by atoms with Gasteiger partial charge in [0.2, 0.25) is 0 Å². The minimum Gasteiger partial charge on any atom is -0.393 e. The third kappa shape index (κ3) is 10.8. The van der Waals surface area contributed by atoms with Gasteiger partial charge < -0.3 is 26.8 Å². The van der Waals surface area contributed by atoms with Crippen molar-refractivity contribution in [2.45, 2.75) is 143 Å². The summed E-state index contributed by atoms with van der Waals surface area (Å²) in [6, 6.07) is 0.571. The Labute approximate surface area is 300 Å². The Morgan fingerprint density at radius 1 is 0.833 bits per heavy atom. The Kier molecular flexibility index (Phi) is 16.9. The number of halogens is 1. The molecule has 0 aliphatic heterocycles. The highest BCUT2D eigenvalue weighted by molar-refractivity contribution is 7.80. The van der Waals surface area contributed by atoms with Crippen molar-refractivity contribution in [3.8, 4) is 0 Å². The van der Waals surface area contributed by atoms with Crippen molar-refractivity contribution < 1.29 is 22.3 Å². The summed E-state index contributed by atoms with van der Waals surface area (Å²) >= 11 is 0. The van der Waals surface area contributed by atoms with Crippen LogP contribution in [0, 0.1) is 52.3 Å². The van der Waals surface area contributed by atoms with Crippen molar-refractivity contribution in [3.05, 3.63) is 0 Å². The number of hydrogen-bond acceptors (Lipinski definition) is 8. The van der Waals surface area contributed by atoms with Gasteiger partial charge in [0.05, 0.1) is 12.2 Å². The molecule has 0 unspecified atom stereocenters. The van der Waals surface area contributed by atoms with Crippen LogP contribution in [0.1, 0.15) is 125 Å². The normalized spacial score (nSPS) is 36.1. The first-order valence-corrected chi connectivity index (χ1v) is 20.8. The zero-order valence-corrected chi connectivity index (χ0v) is 32.6. The van der Waals surface area contributed by atoms with Crippen LogP contribution in [-0.4, -0.2) is 75.6 Å². The van der Waals surface area contributed by atoms with E-state index < -0.39 is 16.5 Å². The molecular formula is C37H73ClN4O5S. The molecule has 0 heterocycles. The van der Waals surface area contributed by atoms with Gasteiger partial charge in [0.25, 0.3) is 0 Å². The number of fused-ring (bicyclic) bond motifs is 5. The maximum atomic E-state index is 11.8. The van der Waals surface area contributed by atoms with Crippen molar-refractivity contribution in [2.24, 2.45) is 58.0 Å². The summed E-state index contributed by atoms with van der Waals surface area (Å²) in [7, 11) is -4.46. The van der Waals surface area contributed by atoms with Crippen molar-refractivity contribution in [2.75, 3.05) is 39.3 Å². The maximum Gasteiger partial charge on any atom is 0.397 e. The van der Waals surface area contributed by atoms with E-state index in [4.69, 9.17) is 9.92 Å². The molecule has 9 nitrogen and oxygen atoms in total. The third-order valence-electron chi connectivity index (χ3n) is 13.8. The van der Waals surface area contributed by atoms with Gasteiger partial charge in [-0.1, -0.05) is 34.6 Å². The van der Waals surface area contributed by atoms with Gasteiger partial charge in [-0.05, 0) is 181 Å². The largest absolute Gasteiger partial charge is 0.397 e. The van der Waals surface area contributed by atoms with Gasteiger partial charge in [-0.15, -0.1) is 12.4 Å². The van der Waals surface area contributed by atoms with Gasteiger partial charge >= 0.3 is 10.4 Å². The van der Waals surface area contributed by atoms with Gasteiger partial charge in [-0.2, -0.15) is 8.42 Å². The number of nitrogens with one attached hydrogen (secondary N) is 3. The average molecular weight is 722 g/mol. The van der Waals surface area contributed by atoms with Crippen LogP contribution in [0.25, 0.3) is 0 Å². The minimum atomic E-state index is -4.46. The molecular weight excluding hydrogens is 648 g/mol. The number of unbranched alkanes of at least 4 members (excludes halogenated alkanes) is 1. The van der Waals surface area contributed by atoms with E-state index in [-0.39, 0.29) is 29.8 Å². The molecule has 0 aromatic rings. The van der Waals surface area contributed by atoms with Gasteiger partial charge in [0.1, 0.15) is 0 Å². The van der Waals surface area contributed by atoms with Crippen LogP contribution in [0.3, 0.4) is 0 Å². The van der Waals surface area contributed by atoms with Crippen LogP contribution in [0.2, 0.25) is 0 Å². The van der Waals surface area contributed by atoms with Gasteiger partial charge in [-0.3, -0.25) is 4.55 Å². The molecule has 0 bridgehead atoms. The second-order valence-corrected chi connectivity index (χ2v) is 18.1. The predicted molar refractivity (Wildman–Crippen MR) is 199 cm³/mol. The van der Waals surface area contributed by atoms with Crippen LogP contribution in [0.5, 0.6) is 0 Å². The van der Waals surface area contributed by atoms with E-state index in [1.165, 1.54) is 57.8 Å². The molecule has 7 N–H and O–H groups in total. The molecule has 0 radical (unpaired) electrons. The number of aliphatic hydroxyl groups is 1. The van der Waals surface area contributed by atoms with Gasteiger partial charge in [-0.25, -0.2) is 4.18 Å². The van der Waals surface area contributed by atoms with Gasteiger partial charge in [0, 0.05) is 6.04 Å². The van der Waals surface area contributed by atoms with E-state index in [1.54, 1.807) is 0 Å². The van der Waals surface area contributed by atoms with Crippen molar-refractivity contribution >= 4 is 22.8 Å². The molecule has 0 saturated heterocycles.